The number of thiazole rings is 1. The Kier molecular flexibility index (Phi) is 15.0. The third kappa shape index (κ3) is 12.5. The number of benzene rings is 2. The summed E-state index contributed by atoms with van der Waals surface area (Å²) in [5.41, 5.74) is 2.66. The summed E-state index contributed by atoms with van der Waals surface area (Å²) in [7, 11) is 1.68. The Morgan fingerprint density at radius 3 is 2.22 bits per heavy atom. The maximum absolute atomic E-state index is 13.9. The summed E-state index contributed by atoms with van der Waals surface area (Å²) in [6.07, 6.45) is 1.49. The van der Waals surface area contributed by atoms with Gasteiger partial charge in [-0.2, -0.15) is 0 Å². The van der Waals surface area contributed by atoms with Gasteiger partial charge in [0.15, 0.2) is 12.4 Å². The van der Waals surface area contributed by atoms with E-state index in [0.29, 0.717) is 31.1 Å². The normalized spacial score (nSPS) is 14.2. The molecule has 4 rings (SSSR count). The zero-order valence-corrected chi connectivity index (χ0v) is 30.8. The minimum atomic E-state index is -1.08. The first-order valence-electron chi connectivity index (χ1n) is 17.4. The first kappa shape index (κ1) is 39.0. The van der Waals surface area contributed by atoms with Crippen LogP contribution >= 0.6 is 11.3 Å². The second-order valence-corrected chi connectivity index (χ2v) is 14.1. The topological polar surface area (TPSA) is 159 Å². The van der Waals surface area contributed by atoms with Gasteiger partial charge in [0.25, 0.3) is 0 Å². The van der Waals surface area contributed by atoms with Crippen LogP contribution in [0.25, 0.3) is 0 Å². The number of aliphatic hydroxyl groups excluding tert-OH is 1. The van der Waals surface area contributed by atoms with Crippen molar-refractivity contribution in [2.75, 3.05) is 7.05 Å². The van der Waals surface area contributed by atoms with Crippen molar-refractivity contribution in [1.82, 2.24) is 31.0 Å². The highest BCUT2D eigenvalue weighted by molar-refractivity contribution is 7.09. The van der Waals surface area contributed by atoms with Gasteiger partial charge >= 0.3 is 12.1 Å². The molecule has 0 aliphatic heterocycles. The summed E-state index contributed by atoms with van der Waals surface area (Å²) in [6.45, 7) is 8.18. The van der Waals surface area contributed by atoms with Crippen molar-refractivity contribution >= 4 is 29.4 Å². The standard InChI is InChI=1S/C38H50N6O6S/c1-6-26(4)36-41-30(24-51-36)22-44(5)37(47)43-34(25(2)3)35(46)40-29(19-27-13-9-7-10-14-27)21-33(45)32(20-28-15-11-8-12-16-28)42-38(48)49-23-31-17-18-39-50-31/h7-18,24-26,29,32-34,45H,6,19-23H2,1-5H3,(H,40,46)(H,42,48)(H,43,47)/t26?,29-,32-,33-,34-/m0/s1. The second kappa shape index (κ2) is 19.6. The van der Waals surface area contributed by atoms with Gasteiger partial charge in [-0.25, -0.2) is 14.6 Å². The molecule has 0 bridgehead atoms. The van der Waals surface area contributed by atoms with E-state index in [2.05, 4.69) is 35.0 Å². The number of aliphatic hydroxyl groups is 1. The van der Waals surface area contributed by atoms with Gasteiger partial charge in [-0.15, -0.1) is 11.3 Å². The highest BCUT2D eigenvalue weighted by Gasteiger charge is 2.31. The molecule has 274 valence electrons. The van der Waals surface area contributed by atoms with Crippen LogP contribution in [0.2, 0.25) is 0 Å². The van der Waals surface area contributed by atoms with Crippen LogP contribution < -0.4 is 16.0 Å². The second-order valence-electron chi connectivity index (χ2n) is 13.2. The van der Waals surface area contributed by atoms with Crippen molar-refractivity contribution in [3.8, 4) is 0 Å². The SMILES string of the molecule is CCC(C)c1nc(CN(C)C(=O)N[C@H](C(=O)N[C@@H](Cc2ccccc2)C[C@H](O)[C@H](Cc2ccccc2)NC(=O)OCc2ccno2)C(C)C)cs1. The van der Waals surface area contributed by atoms with E-state index in [-0.39, 0.29) is 24.9 Å². The Labute approximate surface area is 304 Å². The minimum absolute atomic E-state index is 0.113. The summed E-state index contributed by atoms with van der Waals surface area (Å²) >= 11 is 1.59. The molecule has 0 aliphatic carbocycles. The molecule has 12 nitrogen and oxygen atoms in total. The van der Waals surface area contributed by atoms with Crippen molar-refractivity contribution in [1.29, 1.82) is 0 Å². The Morgan fingerprint density at radius 2 is 1.61 bits per heavy atom. The third-order valence-electron chi connectivity index (χ3n) is 8.68. The lowest BCUT2D eigenvalue weighted by Crippen LogP contribution is -2.55. The number of rotatable bonds is 18. The third-order valence-corrected chi connectivity index (χ3v) is 9.80. The smallest absolute Gasteiger partial charge is 0.407 e. The number of amides is 4. The largest absolute Gasteiger partial charge is 0.441 e. The van der Waals surface area contributed by atoms with E-state index in [1.54, 1.807) is 24.5 Å². The van der Waals surface area contributed by atoms with E-state index in [1.807, 2.05) is 79.9 Å². The Balaban J connectivity index is 1.46. The molecule has 4 N–H and O–H groups in total. The van der Waals surface area contributed by atoms with Gasteiger partial charge in [0.2, 0.25) is 5.91 Å². The van der Waals surface area contributed by atoms with E-state index in [0.717, 1.165) is 28.2 Å². The van der Waals surface area contributed by atoms with Gasteiger partial charge in [0.05, 0.1) is 35.6 Å². The lowest BCUT2D eigenvalue weighted by molar-refractivity contribution is -0.124. The van der Waals surface area contributed by atoms with Gasteiger partial charge in [0, 0.05) is 30.5 Å². The van der Waals surface area contributed by atoms with Crippen molar-refractivity contribution < 1.29 is 28.8 Å². The fourth-order valence-electron chi connectivity index (χ4n) is 5.53. The average molecular weight is 719 g/mol. The first-order chi connectivity index (χ1) is 24.5. The van der Waals surface area contributed by atoms with Crippen molar-refractivity contribution in [2.24, 2.45) is 5.92 Å². The number of hydrogen-bond donors (Lipinski definition) is 4. The lowest BCUT2D eigenvalue weighted by atomic mass is 9.93. The Hall–Kier alpha value is -4.75. The van der Waals surface area contributed by atoms with E-state index in [1.165, 1.54) is 11.1 Å². The molecule has 4 aromatic rings. The molecular weight excluding hydrogens is 669 g/mol. The number of ether oxygens (including phenoxy) is 1. The number of nitrogens with zero attached hydrogens (tertiary/aromatic N) is 3. The molecule has 2 aromatic carbocycles. The van der Waals surface area contributed by atoms with Crippen LogP contribution in [0.3, 0.4) is 0 Å². The zero-order chi connectivity index (χ0) is 36.8. The number of nitrogens with one attached hydrogen (secondary N) is 3. The molecule has 0 radical (unpaired) electrons. The maximum Gasteiger partial charge on any atom is 0.407 e. The highest BCUT2D eigenvalue weighted by Crippen LogP contribution is 2.23. The van der Waals surface area contributed by atoms with Crippen LogP contribution in [0.15, 0.2) is 82.8 Å². The molecular formula is C38H50N6O6S. The summed E-state index contributed by atoms with van der Waals surface area (Å²) < 4.78 is 10.3. The number of hydrogen-bond acceptors (Lipinski definition) is 9. The van der Waals surface area contributed by atoms with Crippen molar-refractivity contribution in [3.05, 3.63) is 106 Å². The maximum atomic E-state index is 13.9. The predicted octanol–water partition coefficient (Wildman–Crippen LogP) is 5.83. The summed E-state index contributed by atoms with van der Waals surface area (Å²) in [6, 6.07) is 18.2. The number of urea groups is 1. The molecule has 51 heavy (non-hydrogen) atoms. The van der Waals surface area contributed by atoms with Gasteiger partial charge in [-0.1, -0.05) is 93.5 Å². The van der Waals surface area contributed by atoms with Gasteiger partial charge in [-0.3, -0.25) is 4.79 Å². The Bertz CT molecular complexity index is 1630. The summed E-state index contributed by atoms with van der Waals surface area (Å²) in [5.74, 6) is 0.134. The van der Waals surface area contributed by atoms with E-state index >= 15 is 0 Å². The predicted molar refractivity (Wildman–Crippen MR) is 196 cm³/mol. The molecule has 0 fully saturated rings. The number of carbonyl (C=O) groups excluding carboxylic acids is 3. The molecule has 1 unspecified atom stereocenters. The van der Waals surface area contributed by atoms with E-state index < -0.39 is 36.4 Å². The average Bonchev–Trinajstić information content (AvgIpc) is 3.82. The van der Waals surface area contributed by atoms with Crippen LogP contribution in [-0.2, 0) is 35.5 Å². The zero-order valence-electron chi connectivity index (χ0n) is 30.0. The van der Waals surface area contributed by atoms with Crippen LogP contribution in [0.5, 0.6) is 0 Å². The summed E-state index contributed by atoms with van der Waals surface area (Å²) in [5, 5.41) is 27.1. The monoisotopic (exact) mass is 718 g/mol. The van der Waals surface area contributed by atoms with Crippen LogP contribution in [0.1, 0.15) is 74.0 Å². The van der Waals surface area contributed by atoms with E-state index in [9.17, 15) is 19.5 Å². The summed E-state index contributed by atoms with van der Waals surface area (Å²) in [4.78, 5) is 46.3. The molecule has 0 saturated heterocycles. The van der Waals surface area contributed by atoms with Crippen LogP contribution in [0, 0.1) is 5.92 Å². The van der Waals surface area contributed by atoms with Gasteiger partial charge in [-0.05, 0) is 42.7 Å². The van der Waals surface area contributed by atoms with Crippen molar-refractivity contribution in [2.45, 2.75) is 96.7 Å². The molecule has 0 saturated carbocycles. The number of aromatic nitrogens is 2. The van der Waals surface area contributed by atoms with Crippen LogP contribution in [-0.4, -0.2) is 69.5 Å². The molecule has 13 heteroatoms. The van der Waals surface area contributed by atoms with E-state index in [4.69, 9.17) is 14.2 Å². The molecule has 2 aromatic heterocycles. The lowest BCUT2D eigenvalue weighted by Gasteiger charge is -2.30. The quantitative estimate of drug-likeness (QED) is 0.100. The highest BCUT2D eigenvalue weighted by atomic mass is 32.1. The molecule has 0 spiro atoms. The van der Waals surface area contributed by atoms with Gasteiger partial charge in [0.1, 0.15) is 6.04 Å². The fraction of sp³-hybridized carbons (Fsp3) is 0.447. The molecule has 0 aliphatic rings. The molecule has 2 heterocycles. The minimum Gasteiger partial charge on any atom is -0.441 e. The van der Waals surface area contributed by atoms with Gasteiger partial charge < -0.3 is 35.2 Å². The number of alkyl carbamates (subject to hydrolysis) is 1. The van der Waals surface area contributed by atoms with Crippen LogP contribution in [0.4, 0.5) is 9.59 Å². The Morgan fingerprint density at radius 1 is 0.941 bits per heavy atom. The molecule has 5 atom stereocenters. The molecule has 4 amide bonds. The fourth-order valence-corrected chi connectivity index (χ4v) is 6.48. The first-order valence-corrected chi connectivity index (χ1v) is 18.2. The number of carbonyl (C=O) groups is 3. The van der Waals surface area contributed by atoms with Crippen molar-refractivity contribution in [3.63, 3.8) is 0 Å².